The van der Waals surface area contributed by atoms with Gasteiger partial charge in [-0.05, 0) is 213 Å². The van der Waals surface area contributed by atoms with E-state index in [0.717, 1.165) is 115 Å². The van der Waals surface area contributed by atoms with Crippen molar-refractivity contribution in [1.29, 1.82) is 0 Å². The Hall–Kier alpha value is -6.40. The smallest absolute Gasteiger partial charge is 0.337 e. The third-order valence-corrected chi connectivity index (χ3v) is 24.8. The molecule has 3 aromatic carbocycles. The van der Waals surface area contributed by atoms with Crippen molar-refractivity contribution in [3.05, 3.63) is 156 Å². The van der Waals surface area contributed by atoms with Gasteiger partial charge in [0.05, 0.1) is 35.7 Å². The molecule has 1 spiro atoms. The van der Waals surface area contributed by atoms with Crippen LogP contribution in [0.25, 0.3) is 11.0 Å². The van der Waals surface area contributed by atoms with Gasteiger partial charge in [-0.25, -0.2) is 4.79 Å². The summed E-state index contributed by atoms with van der Waals surface area (Å²) < 4.78 is 22.0. The van der Waals surface area contributed by atoms with Gasteiger partial charge in [0.15, 0.2) is 5.43 Å². The average Bonchev–Trinajstić information content (AvgIpc) is 1.06. The van der Waals surface area contributed by atoms with E-state index >= 15 is 4.79 Å². The number of nitrogens with one attached hydrogen (secondary N) is 3. The number of carbonyl (C=O) groups excluding carboxylic acids is 1. The van der Waals surface area contributed by atoms with Crippen LogP contribution in [0.2, 0.25) is 0 Å². The van der Waals surface area contributed by atoms with E-state index in [9.17, 15) is 40.5 Å². The number of fused-ring (bicyclic) bond motifs is 13. The molecule has 0 amide bonds. The summed E-state index contributed by atoms with van der Waals surface area (Å²) in [7, 11) is 0. The predicted octanol–water partition coefficient (Wildman–Crippen LogP) is 9.87. The van der Waals surface area contributed by atoms with Crippen molar-refractivity contribution in [3.63, 3.8) is 0 Å². The molecule has 1 aromatic heterocycles. The molecule has 0 radical (unpaired) electrons. The van der Waals surface area contributed by atoms with Crippen LogP contribution in [0.3, 0.4) is 0 Å². The summed E-state index contributed by atoms with van der Waals surface area (Å²) >= 11 is 0. The number of phenolic OH excluding ortho intramolecular Hbond substituents is 2. The fourth-order valence-corrected chi connectivity index (χ4v) is 21.0. The number of dihydropyridines is 2. The molecule has 4 saturated carbocycles. The van der Waals surface area contributed by atoms with Crippen molar-refractivity contribution in [2.24, 2.45) is 40.7 Å². The lowest BCUT2D eigenvalue weighted by Gasteiger charge is -2.55. The Labute approximate surface area is 526 Å². The lowest BCUT2D eigenvalue weighted by atomic mass is 9.54. The first-order valence-electron chi connectivity index (χ1n) is 34.0. The number of benzene rings is 3. The minimum absolute atomic E-state index is 0.00891. The SMILES string of the molecule is C/C=C(\C(=O)O[C@@H]1Cc2c3c(c4oc(CO)cc(=O)c4c2O)[C@@H]2C4=CCNC(N)=C4[C@H]([C@H]4CCC5=CC(NCC)NC=C5C[C@@H]4[C@]1(C)O3)C1(CCCC1)Cc1ccc(O)cc1[C@@H]2CO)[C@]1(O)C[C@@H]2C[C@H]1C[C@H]1C[C@@H](CC3(O)CCCCC3)[C@H](O)c3cccc2c31. The molecule has 16 heteroatoms. The minimum atomic E-state index is -1.62. The van der Waals surface area contributed by atoms with Gasteiger partial charge >= 0.3 is 5.97 Å². The van der Waals surface area contributed by atoms with Gasteiger partial charge in [-0.1, -0.05) is 75.4 Å². The number of allylic oxidation sites excluding steroid dienone is 5. The van der Waals surface area contributed by atoms with Crippen LogP contribution in [0.4, 0.5) is 0 Å². The van der Waals surface area contributed by atoms with Crippen molar-refractivity contribution in [2.45, 2.75) is 208 Å². The molecule has 478 valence electrons. The number of hydrogen-bond acceptors (Lipinski definition) is 16. The van der Waals surface area contributed by atoms with Crippen molar-refractivity contribution in [3.8, 4) is 17.2 Å². The second-order valence-corrected chi connectivity index (χ2v) is 29.4. The van der Waals surface area contributed by atoms with Crippen LogP contribution >= 0.6 is 0 Å². The maximum atomic E-state index is 16.2. The molecule has 16 nitrogen and oxygen atoms in total. The molecule has 7 aliphatic carbocycles. The molecular weight excluding hydrogens is 1140 g/mol. The molecule has 1 unspecified atom stereocenters. The minimum Gasteiger partial charge on any atom is -0.508 e. The second-order valence-electron chi connectivity index (χ2n) is 29.4. The number of likely N-dealkylation sites (N-methyl/N-ethyl adjacent to an activating group) is 1. The Morgan fingerprint density at radius 1 is 0.933 bits per heavy atom. The molecule has 4 aromatic rings. The first-order valence-corrected chi connectivity index (χ1v) is 34.0. The number of hydrogen-bond donors (Lipinski definition) is 11. The molecule has 4 fully saturated rings. The number of aliphatic hydroxyl groups is 5. The van der Waals surface area contributed by atoms with Crippen molar-refractivity contribution in [1.82, 2.24) is 16.0 Å². The van der Waals surface area contributed by atoms with Gasteiger partial charge in [-0.3, -0.25) is 10.1 Å². The first-order chi connectivity index (χ1) is 43.4. The Balaban J connectivity index is 0.918. The van der Waals surface area contributed by atoms with Crippen LogP contribution in [-0.4, -0.2) is 90.5 Å². The maximum absolute atomic E-state index is 16.2. The highest BCUT2D eigenvalue weighted by atomic mass is 16.6. The predicted molar refractivity (Wildman–Crippen MR) is 340 cm³/mol. The number of aliphatic hydroxyl groups excluding tert-OH is 3. The topological polar surface area (TPSA) is 269 Å². The Morgan fingerprint density at radius 2 is 1.71 bits per heavy atom. The maximum Gasteiger partial charge on any atom is 0.337 e. The molecule has 90 heavy (non-hydrogen) atoms. The van der Waals surface area contributed by atoms with Gasteiger partial charge in [-0.2, -0.15) is 0 Å². The van der Waals surface area contributed by atoms with E-state index in [1.807, 2.05) is 25.1 Å². The van der Waals surface area contributed by atoms with Gasteiger partial charge in [0, 0.05) is 54.1 Å². The molecule has 5 heterocycles. The van der Waals surface area contributed by atoms with Crippen LogP contribution in [0.1, 0.15) is 204 Å². The van der Waals surface area contributed by atoms with Crippen LogP contribution in [0.15, 0.2) is 110 Å². The molecule has 12 N–H and O–H groups in total. The summed E-state index contributed by atoms with van der Waals surface area (Å²) in [5, 5.41) is 96.2. The van der Waals surface area contributed by atoms with Gasteiger partial charge in [0.1, 0.15) is 58.1 Å². The molecule has 4 aliphatic heterocycles. The van der Waals surface area contributed by atoms with E-state index in [0.29, 0.717) is 62.9 Å². The molecule has 6 bridgehead atoms. The largest absolute Gasteiger partial charge is 0.508 e. The number of carbonyl (C=O) groups is 1. The van der Waals surface area contributed by atoms with Crippen LogP contribution in [-0.2, 0) is 29.0 Å². The fourth-order valence-electron chi connectivity index (χ4n) is 21.0. The van der Waals surface area contributed by atoms with E-state index in [-0.39, 0.29) is 93.9 Å². The van der Waals surface area contributed by atoms with E-state index in [2.05, 4.69) is 47.3 Å². The van der Waals surface area contributed by atoms with Gasteiger partial charge < -0.3 is 66.0 Å². The molecular formula is C74H90N4O12. The van der Waals surface area contributed by atoms with Crippen molar-refractivity contribution >= 4 is 16.9 Å². The third-order valence-electron chi connectivity index (χ3n) is 24.8. The van der Waals surface area contributed by atoms with E-state index in [1.165, 1.54) is 11.6 Å². The van der Waals surface area contributed by atoms with Crippen LogP contribution in [0.5, 0.6) is 17.2 Å². The number of phenols is 2. The van der Waals surface area contributed by atoms with Gasteiger partial charge in [0.25, 0.3) is 0 Å². The van der Waals surface area contributed by atoms with Gasteiger partial charge in [-0.15, -0.1) is 0 Å². The number of ether oxygens (including phenoxy) is 2. The zero-order valence-electron chi connectivity index (χ0n) is 52.3. The Morgan fingerprint density at radius 3 is 2.48 bits per heavy atom. The Kier molecular flexibility index (Phi) is 14.9. The summed E-state index contributed by atoms with van der Waals surface area (Å²) in [6.45, 7) is 5.99. The van der Waals surface area contributed by atoms with Crippen LogP contribution < -0.4 is 31.8 Å². The average molecular weight is 1230 g/mol. The molecule has 11 aliphatic rings. The normalized spacial score (nSPS) is 34.4. The van der Waals surface area contributed by atoms with Crippen molar-refractivity contribution in [2.75, 3.05) is 19.7 Å². The lowest BCUT2D eigenvalue weighted by Crippen LogP contribution is -2.60. The highest BCUT2D eigenvalue weighted by molar-refractivity contribution is 5.93. The summed E-state index contributed by atoms with van der Waals surface area (Å²) in [5.74, 6) is -3.67. The Bertz CT molecular complexity index is 3810. The van der Waals surface area contributed by atoms with Crippen molar-refractivity contribution < 1.29 is 54.4 Å². The fraction of sp³-hybridized carbons (Fsp3) is 0.568. The summed E-state index contributed by atoms with van der Waals surface area (Å²) in [5.41, 5.74) is 12.4. The molecule has 15 rings (SSSR count). The standard InChI is InChI=1S/C74H90N4O12/c1-4-54(74(87)34-41-26-44(74)25-40-24-42(33-73(86)21-7-6-8-22-73)65(83)50-13-11-12-47(41)59(40)50)70(85)89-57-31-52-66(84)62-56(82)30-46(36-79)88-68(62)63-60-49-18-23-77-69(75)61(49)64(72(19-9-10-20-72)32-39-14-16-45(81)29-51(39)53(60)37-80)48-17-15-38-28-58(76-5-2)78-35-43(38)27-55(48)71(57,3)90-67(52)63/h4,11-14,16,18,28-30,35,40-42,44,48,53,55,57-58,60,64-65,76-81,83-84,86-87H,5-10,15,17,19-27,31-34,36-37,75H2,1-3H3/b54-4+/t40-,41+,42+,44-,48+,53+,55+,57-,58?,60-,64+,65+,71+,74+/m1/s1. The summed E-state index contributed by atoms with van der Waals surface area (Å²) in [4.78, 5) is 31.1. The van der Waals surface area contributed by atoms with E-state index in [1.54, 1.807) is 25.1 Å². The zero-order chi connectivity index (χ0) is 62.3. The third kappa shape index (κ3) is 9.31. The second kappa shape index (κ2) is 22.4. The highest BCUT2D eigenvalue weighted by Crippen LogP contribution is 2.67. The zero-order valence-corrected chi connectivity index (χ0v) is 52.3. The number of rotatable bonds is 9. The van der Waals surface area contributed by atoms with Crippen LogP contribution in [0, 0.1) is 35.0 Å². The lowest BCUT2D eigenvalue weighted by molar-refractivity contribution is -0.173. The van der Waals surface area contributed by atoms with E-state index < -0.39 is 82.5 Å². The first kappa shape index (κ1) is 59.9. The van der Waals surface area contributed by atoms with Gasteiger partial charge in [0.2, 0.25) is 0 Å². The number of esters is 1. The monoisotopic (exact) mass is 1230 g/mol. The molecule has 0 saturated heterocycles. The quantitative estimate of drug-likeness (QED) is 0.0550. The number of nitrogens with two attached hydrogens (primary N) is 1. The molecule has 14 atom stereocenters. The van der Waals surface area contributed by atoms with E-state index in [4.69, 9.17) is 19.6 Å². The highest BCUT2D eigenvalue weighted by Gasteiger charge is 2.63. The summed E-state index contributed by atoms with van der Waals surface area (Å²) in [6, 6.07) is 12.9. The summed E-state index contributed by atoms with van der Waals surface area (Å²) in [6.07, 6.45) is 19.5. The number of aromatic hydroxyl groups is 2.